The van der Waals surface area contributed by atoms with Gasteiger partial charge >= 0.3 is 13.6 Å². The maximum atomic E-state index is 13.5. The third-order valence-corrected chi connectivity index (χ3v) is 7.77. The van der Waals surface area contributed by atoms with Crippen molar-refractivity contribution in [3.8, 4) is 5.75 Å². The number of rotatable bonds is 3. The second-order valence-electron chi connectivity index (χ2n) is 6.70. The molecule has 0 aromatic heterocycles. The molecule has 138 valence electrons. The molecule has 1 saturated heterocycles. The normalized spacial score (nSPS) is 30.5. The largest absolute Gasteiger partial charge is 0.468 e. The molecule has 4 atom stereocenters. The average molecular weight is 375 g/mol. The summed E-state index contributed by atoms with van der Waals surface area (Å²) >= 11 is 0. The van der Waals surface area contributed by atoms with Crippen LogP contribution in [0.1, 0.15) is 24.9 Å². The zero-order valence-corrected chi connectivity index (χ0v) is 15.9. The fraction of sp³-hybridized carbons (Fsp3) is 0.421. The molecular formula is C19H22NO5P. The van der Waals surface area contributed by atoms with Gasteiger partial charge in [-0.3, -0.25) is 14.2 Å². The van der Waals surface area contributed by atoms with Gasteiger partial charge in [-0.15, -0.1) is 0 Å². The van der Waals surface area contributed by atoms with Crippen molar-refractivity contribution in [3.63, 3.8) is 0 Å². The Kier molecular flexibility index (Phi) is 4.30. The van der Waals surface area contributed by atoms with Crippen LogP contribution in [0.2, 0.25) is 0 Å². The van der Waals surface area contributed by atoms with Crippen molar-refractivity contribution in [3.05, 3.63) is 42.0 Å². The number of likely N-dealkylation sites (N-methyl/N-ethyl adjacent to an activating group) is 1. The van der Waals surface area contributed by atoms with E-state index in [2.05, 4.69) is 0 Å². The van der Waals surface area contributed by atoms with Crippen LogP contribution in [0.4, 0.5) is 0 Å². The molecule has 2 aliphatic rings. The summed E-state index contributed by atoms with van der Waals surface area (Å²) in [5.41, 5.74) is 0.558. The van der Waals surface area contributed by atoms with Gasteiger partial charge in [-0.25, -0.2) is 4.57 Å². The molecule has 6 nitrogen and oxygen atoms in total. The zero-order chi connectivity index (χ0) is 18.5. The van der Waals surface area contributed by atoms with E-state index in [1.54, 1.807) is 6.92 Å². The maximum absolute atomic E-state index is 13.5. The first-order valence-corrected chi connectivity index (χ1v) is 10.4. The van der Waals surface area contributed by atoms with Gasteiger partial charge in [0, 0.05) is 5.56 Å². The number of fused-ring (bicyclic) bond motifs is 5. The van der Waals surface area contributed by atoms with Gasteiger partial charge in [-0.2, -0.15) is 0 Å². The predicted molar refractivity (Wildman–Crippen MR) is 98.5 cm³/mol. The molecule has 1 fully saturated rings. The molecule has 0 bridgehead atoms. The average Bonchev–Trinajstić information content (AvgIpc) is 2.99. The van der Waals surface area contributed by atoms with Crippen LogP contribution in [0, 0.1) is 0 Å². The number of carbonyl (C=O) groups is 1. The highest BCUT2D eigenvalue weighted by Crippen LogP contribution is 2.67. The molecule has 2 aromatic carbocycles. The number of hydrogen-bond donors (Lipinski definition) is 0. The summed E-state index contributed by atoms with van der Waals surface area (Å²) < 4.78 is 30.1. The molecule has 2 aromatic rings. The summed E-state index contributed by atoms with van der Waals surface area (Å²) in [6.07, 6.45) is 0.383. The van der Waals surface area contributed by atoms with Crippen LogP contribution in [0.5, 0.6) is 5.75 Å². The predicted octanol–water partition coefficient (Wildman–Crippen LogP) is 3.75. The Hall–Kier alpha value is -1.88. The smallest absolute Gasteiger partial charge is 0.384 e. The number of hydrogen-bond acceptors (Lipinski definition) is 6. The van der Waals surface area contributed by atoms with Crippen molar-refractivity contribution in [1.82, 2.24) is 4.90 Å². The zero-order valence-electron chi connectivity index (χ0n) is 15.0. The highest BCUT2D eigenvalue weighted by atomic mass is 31.2. The first-order chi connectivity index (χ1) is 12.5. The second-order valence-corrected chi connectivity index (χ2v) is 8.88. The van der Waals surface area contributed by atoms with Crippen LogP contribution >= 0.6 is 7.60 Å². The summed E-state index contributed by atoms with van der Waals surface area (Å²) in [6.45, 7) is 2.08. The Labute approximate surface area is 152 Å². The molecule has 0 saturated carbocycles. The molecule has 4 rings (SSSR count). The fourth-order valence-electron chi connectivity index (χ4n) is 4.25. The second kappa shape index (κ2) is 6.38. The standard InChI is InChI=1S/C19H22NO5P/c1-4-24-26(22)16-11-14(19(21)23-3)20(2)18(16)17-13-8-6-5-7-12(13)9-10-15(17)25-26/h5-10,14,16,18H,4,11H2,1-3H3/t14-,16+,18-,26+/m1/s1. The van der Waals surface area contributed by atoms with Crippen LogP contribution in [0.25, 0.3) is 10.8 Å². The number of benzene rings is 2. The van der Waals surface area contributed by atoms with E-state index in [0.717, 1.165) is 16.3 Å². The molecule has 26 heavy (non-hydrogen) atoms. The minimum atomic E-state index is -3.40. The monoisotopic (exact) mass is 375 g/mol. The molecular weight excluding hydrogens is 353 g/mol. The maximum Gasteiger partial charge on any atom is 0.384 e. The molecule has 7 heteroatoms. The van der Waals surface area contributed by atoms with Crippen LogP contribution in [0.15, 0.2) is 36.4 Å². The van der Waals surface area contributed by atoms with E-state index in [4.69, 9.17) is 13.8 Å². The number of likely N-dealkylation sites (tertiary alicyclic amines) is 1. The van der Waals surface area contributed by atoms with E-state index < -0.39 is 19.3 Å². The quantitative estimate of drug-likeness (QED) is 0.601. The third kappa shape index (κ3) is 2.48. The van der Waals surface area contributed by atoms with Crippen molar-refractivity contribution in [1.29, 1.82) is 0 Å². The number of esters is 1. The van der Waals surface area contributed by atoms with Crippen molar-refractivity contribution in [2.75, 3.05) is 20.8 Å². The van der Waals surface area contributed by atoms with Gasteiger partial charge in [0.2, 0.25) is 0 Å². The van der Waals surface area contributed by atoms with Crippen LogP contribution in [-0.4, -0.2) is 43.3 Å². The lowest BCUT2D eigenvalue weighted by Crippen LogP contribution is -2.36. The highest BCUT2D eigenvalue weighted by molar-refractivity contribution is 7.55. The SMILES string of the molecule is CCO[P@]1(=O)Oc2ccc3ccccc3c2[C@H]2[C@@H]1C[C@H](C(=O)OC)N2C. The summed E-state index contributed by atoms with van der Waals surface area (Å²) in [7, 11) is -0.152. The van der Waals surface area contributed by atoms with Gasteiger partial charge in [0.15, 0.2) is 0 Å². The Morgan fingerprint density at radius 2 is 2.08 bits per heavy atom. The van der Waals surface area contributed by atoms with Crippen LogP contribution in [-0.2, 0) is 18.6 Å². The lowest BCUT2D eigenvalue weighted by molar-refractivity contribution is -0.145. The lowest BCUT2D eigenvalue weighted by Gasteiger charge is -2.37. The van der Waals surface area contributed by atoms with E-state index >= 15 is 0 Å². The number of methoxy groups -OCH3 is 1. The van der Waals surface area contributed by atoms with Crippen molar-refractivity contribution < 1.29 is 23.1 Å². The van der Waals surface area contributed by atoms with Gasteiger partial charge < -0.3 is 9.26 Å². The Morgan fingerprint density at radius 3 is 2.81 bits per heavy atom. The number of nitrogens with zero attached hydrogens (tertiary/aromatic N) is 1. The van der Waals surface area contributed by atoms with E-state index in [1.165, 1.54) is 7.11 Å². The van der Waals surface area contributed by atoms with Crippen molar-refractivity contribution >= 4 is 24.3 Å². The van der Waals surface area contributed by atoms with Crippen molar-refractivity contribution in [2.24, 2.45) is 0 Å². The van der Waals surface area contributed by atoms with Crippen LogP contribution in [0.3, 0.4) is 0 Å². The number of carbonyl (C=O) groups excluding carboxylic acids is 1. The van der Waals surface area contributed by atoms with Gasteiger partial charge in [0.25, 0.3) is 0 Å². The van der Waals surface area contributed by atoms with Gasteiger partial charge in [0.05, 0.1) is 25.4 Å². The van der Waals surface area contributed by atoms with E-state index in [-0.39, 0.29) is 18.6 Å². The first-order valence-electron chi connectivity index (χ1n) is 8.75. The molecule has 2 heterocycles. The summed E-state index contributed by atoms with van der Waals surface area (Å²) in [5, 5.41) is 2.12. The van der Waals surface area contributed by atoms with Crippen LogP contribution < -0.4 is 4.52 Å². The highest BCUT2D eigenvalue weighted by Gasteiger charge is 2.57. The molecule has 0 radical (unpaired) electrons. The lowest BCUT2D eigenvalue weighted by atomic mass is 9.96. The molecule has 0 spiro atoms. The molecule has 0 N–H and O–H groups in total. The Morgan fingerprint density at radius 1 is 1.31 bits per heavy atom. The molecule has 0 amide bonds. The molecule has 0 aliphatic carbocycles. The Balaban J connectivity index is 1.93. The van der Waals surface area contributed by atoms with Gasteiger partial charge in [-0.1, -0.05) is 30.3 Å². The summed E-state index contributed by atoms with van der Waals surface area (Å²) in [5.74, 6) is 0.242. The topological polar surface area (TPSA) is 65.1 Å². The third-order valence-electron chi connectivity index (χ3n) is 5.40. The van der Waals surface area contributed by atoms with Crippen molar-refractivity contribution in [2.45, 2.75) is 31.1 Å². The first kappa shape index (κ1) is 17.5. The molecule has 2 aliphatic heterocycles. The minimum Gasteiger partial charge on any atom is -0.468 e. The fourth-order valence-corrected chi connectivity index (χ4v) is 6.59. The van der Waals surface area contributed by atoms with E-state index in [1.807, 2.05) is 48.3 Å². The number of ether oxygens (including phenoxy) is 1. The summed E-state index contributed by atoms with van der Waals surface area (Å²) in [6, 6.07) is 11.1. The van der Waals surface area contributed by atoms with E-state index in [9.17, 15) is 9.36 Å². The van der Waals surface area contributed by atoms with Gasteiger partial charge in [-0.05, 0) is 37.2 Å². The molecule has 0 unspecified atom stereocenters. The van der Waals surface area contributed by atoms with Gasteiger partial charge in [0.1, 0.15) is 11.8 Å². The summed E-state index contributed by atoms with van der Waals surface area (Å²) in [4.78, 5) is 14.2. The van der Waals surface area contributed by atoms with E-state index in [0.29, 0.717) is 12.2 Å². The minimum absolute atomic E-state index is 0.230. The Bertz CT molecular complexity index is 914.